The van der Waals surface area contributed by atoms with Crippen LogP contribution in [0, 0.1) is 0 Å². The zero-order chi connectivity index (χ0) is 10.7. The number of hydrogen-bond acceptors (Lipinski definition) is 2. The van der Waals surface area contributed by atoms with Crippen molar-refractivity contribution in [2.45, 2.75) is 0 Å². The Morgan fingerprint density at radius 1 is 0.929 bits per heavy atom. The first-order valence-corrected chi connectivity index (χ1v) is 6.46. The highest BCUT2D eigenvalue weighted by atomic mass is 79.9. The zero-order valence-electron chi connectivity index (χ0n) is 9.03. The van der Waals surface area contributed by atoms with Gasteiger partial charge in [0, 0.05) is 9.78 Å². The Morgan fingerprint density at radius 3 is 1.71 bits per heavy atom. The van der Waals surface area contributed by atoms with E-state index in [9.17, 15) is 0 Å². The van der Waals surface area contributed by atoms with Gasteiger partial charge in [-0.3, -0.25) is 9.34 Å². The van der Waals surface area contributed by atoms with Crippen molar-refractivity contribution in [3.05, 3.63) is 28.7 Å². The predicted octanol–water partition coefficient (Wildman–Crippen LogP) is 2.51. The lowest BCUT2D eigenvalue weighted by Crippen LogP contribution is -2.24. The van der Waals surface area contributed by atoms with Gasteiger partial charge in [-0.25, -0.2) is 0 Å². The topological polar surface area (TPSA) is 6.48 Å². The second-order valence-electron chi connectivity index (χ2n) is 3.46. The molecule has 0 aliphatic rings. The Kier molecular flexibility index (Phi) is 4.52. The third-order valence-electron chi connectivity index (χ3n) is 1.82. The van der Waals surface area contributed by atoms with E-state index in [1.165, 1.54) is 5.30 Å². The van der Waals surface area contributed by atoms with Crippen molar-refractivity contribution in [3.8, 4) is 0 Å². The fraction of sp³-hybridized carbons (Fsp3) is 0.400. The third-order valence-corrected chi connectivity index (χ3v) is 4.62. The normalized spacial score (nSPS) is 11.7. The highest BCUT2D eigenvalue weighted by Gasteiger charge is 2.15. The highest BCUT2D eigenvalue weighted by Crippen LogP contribution is 2.38. The van der Waals surface area contributed by atoms with E-state index in [0.29, 0.717) is 0 Å². The summed E-state index contributed by atoms with van der Waals surface area (Å²) < 4.78 is 5.66. The first-order valence-electron chi connectivity index (χ1n) is 4.42. The van der Waals surface area contributed by atoms with Crippen molar-refractivity contribution in [2.75, 3.05) is 28.2 Å². The lowest BCUT2D eigenvalue weighted by Gasteiger charge is -2.30. The monoisotopic (exact) mass is 274 g/mol. The minimum Gasteiger partial charge on any atom is -0.272 e. The first-order chi connectivity index (χ1) is 6.52. The average Bonchev–Trinajstić information content (AvgIpc) is 2.07. The van der Waals surface area contributed by atoms with E-state index in [1.807, 2.05) is 0 Å². The van der Waals surface area contributed by atoms with Crippen LogP contribution < -0.4 is 5.30 Å². The van der Waals surface area contributed by atoms with Gasteiger partial charge >= 0.3 is 0 Å². The quantitative estimate of drug-likeness (QED) is 0.782. The van der Waals surface area contributed by atoms with E-state index >= 15 is 0 Å². The van der Waals surface area contributed by atoms with E-state index in [2.05, 4.69) is 77.7 Å². The molecule has 1 rings (SSSR count). The standard InChI is InChI=1S/C10H16BrN2P/c1-12(2)14(13(3)4)10-7-5-9(11)6-8-10/h5-8H,1-4H3. The van der Waals surface area contributed by atoms with Gasteiger partial charge in [0.05, 0.1) is 8.22 Å². The number of hydrogen-bond donors (Lipinski definition) is 0. The van der Waals surface area contributed by atoms with Gasteiger partial charge in [-0.15, -0.1) is 0 Å². The second kappa shape index (κ2) is 5.22. The maximum absolute atomic E-state index is 3.45. The van der Waals surface area contributed by atoms with Gasteiger partial charge < -0.3 is 0 Å². The molecule has 2 nitrogen and oxygen atoms in total. The molecule has 0 radical (unpaired) electrons. The summed E-state index contributed by atoms with van der Waals surface area (Å²) in [6.45, 7) is 0. The molecule has 14 heavy (non-hydrogen) atoms. The molecule has 0 unspecified atom stereocenters. The lowest BCUT2D eigenvalue weighted by atomic mass is 10.4. The SMILES string of the molecule is CN(C)P(c1ccc(Br)cc1)N(C)C. The van der Waals surface area contributed by atoms with Crippen LogP contribution >= 0.6 is 24.2 Å². The molecule has 0 aromatic heterocycles. The van der Waals surface area contributed by atoms with Crippen molar-refractivity contribution in [2.24, 2.45) is 0 Å². The molecule has 0 N–H and O–H groups in total. The number of benzene rings is 1. The average molecular weight is 275 g/mol. The molecule has 0 atom stereocenters. The van der Waals surface area contributed by atoms with Crippen LogP contribution in [0.25, 0.3) is 0 Å². The van der Waals surface area contributed by atoms with Gasteiger partial charge in [0.1, 0.15) is 0 Å². The van der Waals surface area contributed by atoms with E-state index in [1.54, 1.807) is 0 Å². The Bertz CT molecular complexity index is 277. The Balaban J connectivity index is 2.94. The predicted molar refractivity (Wildman–Crippen MR) is 68.1 cm³/mol. The second-order valence-corrected chi connectivity index (χ2v) is 7.07. The molecule has 78 valence electrons. The Hall–Kier alpha value is 0.0500. The molecule has 0 heterocycles. The maximum Gasteiger partial charge on any atom is 0.0713 e. The van der Waals surface area contributed by atoms with E-state index in [4.69, 9.17) is 0 Å². The maximum atomic E-state index is 3.45. The summed E-state index contributed by atoms with van der Waals surface area (Å²) in [5.74, 6) is 0. The van der Waals surface area contributed by atoms with E-state index < -0.39 is 0 Å². The molecular weight excluding hydrogens is 259 g/mol. The zero-order valence-corrected chi connectivity index (χ0v) is 11.5. The summed E-state index contributed by atoms with van der Waals surface area (Å²) in [6, 6.07) is 8.54. The Labute approximate surface area is 95.9 Å². The summed E-state index contributed by atoms with van der Waals surface area (Å²) in [5, 5.41) is 1.37. The molecule has 0 saturated heterocycles. The van der Waals surface area contributed by atoms with Crippen LogP contribution in [0.4, 0.5) is 0 Å². The van der Waals surface area contributed by atoms with Crippen LogP contribution in [0.15, 0.2) is 28.7 Å². The van der Waals surface area contributed by atoms with E-state index in [0.717, 1.165) is 4.47 Å². The van der Waals surface area contributed by atoms with Crippen LogP contribution in [0.2, 0.25) is 0 Å². The summed E-state index contributed by atoms with van der Waals surface area (Å²) in [6.07, 6.45) is 0. The fourth-order valence-electron chi connectivity index (χ4n) is 1.39. The van der Waals surface area contributed by atoms with Gasteiger partial charge in [0.25, 0.3) is 0 Å². The minimum absolute atomic E-state index is 0.340. The van der Waals surface area contributed by atoms with Gasteiger partial charge in [-0.05, 0) is 40.3 Å². The molecule has 0 aliphatic carbocycles. The summed E-state index contributed by atoms with van der Waals surface area (Å²) in [4.78, 5) is 0. The van der Waals surface area contributed by atoms with Crippen molar-refractivity contribution < 1.29 is 0 Å². The molecule has 0 spiro atoms. The van der Waals surface area contributed by atoms with Crippen molar-refractivity contribution >= 4 is 29.5 Å². The minimum atomic E-state index is -0.340. The third kappa shape index (κ3) is 3.03. The molecular formula is C10H16BrN2P. The van der Waals surface area contributed by atoms with Crippen LogP contribution in [-0.4, -0.2) is 37.5 Å². The fourth-order valence-corrected chi connectivity index (χ4v) is 3.71. The lowest BCUT2D eigenvalue weighted by molar-refractivity contribution is 0.584. The molecule has 0 aliphatic heterocycles. The Morgan fingerprint density at radius 2 is 1.36 bits per heavy atom. The summed E-state index contributed by atoms with van der Waals surface area (Å²) in [5.41, 5.74) is 0. The molecule has 1 aromatic carbocycles. The van der Waals surface area contributed by atoms with Crippen LogP contribution in [0.5, 0.6) is 0 Å². The number of nitrogens with zero attached hydrogens (tertiary/aromatic N) is 2. The van der Waals surface area contributed by atoms with Crippen molar-refractivity contribution in [1.82, 2.24) is 9.34 Å². The van der Waals surface area contributed by atoms with Gasteiger partial charge in [-0.2, -0.15) is 0 Å². The van der Waals surface area contributed by atoms with Gasteiger partial charge in [0.15, 0.2) is 0 Å². The van der Waals surface area contributed by atoms with Crippen molar-refractivity contribution in [3.63, 3.8) is 0 Å². The molecule has 4 heteroatoms. The molecule has 1 aromatic rings. The van der Waals surface area contributed by atoms with E-state index in [-0.39, 0.29) is 8.22 Å². The first kappa shape index (κ1) is 12.1. The summed E-state index contributed by atoms with van der Waals surface area (Å²) in [7, 11) is 8.13. The van der Waals surface area contributed by atoms with Crippen LogP contribution in [0.1, 0.15) is 0 Å². The van der Waals surface area contributed by atoms with Crippen LogP contribution in [0.3, 0.4) is 0 Å². The largest absolute Gasteiger partial charge is 0.272 e. The smallest absolute Gasteiger partial charge is 0.0713 e. The molecule has 0 amide bonds. The number of rotatable bonds is 3. The molecule has 0 fully saturated rings. The number of halogens is 1. The van der Waals surface area contributed by atoms with Crippen molar-refractivity contribution in [1.29, 1.82) is 0 Å². The molecule has 0 bridgehead atoms. The summed E-state index contributed by atoms with van der Waals surface area (Å²) >= 11 is 3.45. The van der Waals surface area contributed by atoms with Gasteiger partial charge in [0.2, 0.25) is 0 Å². The van der Waals surface area contributed by atoms with Gasteiger partial charge in [-0.1, -0.05) is 28.1 Å². The highest BCUT2D eigenvalue weighted by molar-refractivity contribution is 9.10. The molecule has 0 saturated carbocycles. The van der Waals surface area contributed by atoms with Crippen LogP contribution in [-0.2, 0) is 0 Å².